The molecule has 0 atom stereocenters. The van der Waals surface area contributed by atoms with Crippen molar-refractivity contribution in [2.75, 3.05) is 0 Å². The van der Waals surface area contributed by atoms with Crippen molar-refractivity contribution in [1.29, 1.82) is 0 Å². The average molecular weight is 165 g/mol. The second kappa shape index (κ2) is 3.70. The predicted molar refractivity (Wildman–Crippen MR) is 49.5 cm³/mol. The molecular formula is C11H14F. The first kappa shape index (κ1) is 9.24. The maximum Gasteiger partial charge on any atom is 0.126 e. The van der Waals surface area contributed by atoms with Crippen LogP contribution < -0.4 is 0 Å². The van der Waals surface area contributed by atoms with E-state index in [2.05, 4.69) is 0 Å². The van der Waals surface area contributed by atoms with Crippen molar-refractivity contribution in [2.24, 2.45) is 0 Å². The summed E-state index contributed by atoms with van der Waals surface area (Å²) in [7, 11) is 0. The van der Waals surface area contributed by atoms with Gasteiger partial charge in [0.25, 0.3) is 0 Å². The lowest BCUT2D eigenvalue weighted by molar-refractivity contribution is 0.609. The van der Waals surface area contributed by atoms with E-state index in [1.165, 1.54) is 12.0 Å². The lowest BCUT2D eigenvalue weighted by Crippen LogP contribution is -1.98. The van der Waals surface area contributed by atoms with Gasteiger partial charge < -0.3 is 0 Å². The van der Waals surface area contributed by atoms with Crippen LogP contribution in [0.2, 0.25) is 0 Å². The molecule has 1 radical (unpaired) electrons. The Bertz CT molecular complexity index is 264. The third-order valence-corrected chi connectivity index (χ3v) is 2.01. The molecule has 0 fully saturated rings. The van der Waals surface area contributed by atoms with Crippen molar-refractivity contribution in [2.45, 2.75) is 27.2 Å². The van der Waals surface area contributed by atoms with E-state index in [0.29, 0.717) is 0 Å². The van der Waals surface area contributed by atoms with E-state index in [-0.39, 0.29) is 5.82 Å². The molecule has 0 aliphatic heterocycles. The highest BCUT2D eigenvalue weighted by Gasteiger charge is 2.08. The molecule has 65 valence electrons. The van der Waals surface area contributed by atoms with Crippen LogP contribution in [0.4, 0.5) is 4.39 Å². The number of rotatable bonds is 2. The van der Waals surface area contributed by atoms with Crippen molar-refractivity contribution in [3.05, 3.63) is 41.1 Å². The predicted octanol–water partition coefficient (Wildman–Crippen LogP) is 3.35. The van der Waals surface area contributed by atoms with E-state index in [1.807, 2.05) is 26.8 Å². The summed E-state index contributed by atoms with van der Waals surface area (Å²) >= 11 is 0. The molecule has 0 heterocycles. The second-order valence-corrected chi connectivity index (χ2v) is 3.12. The summed E-state index contributed by atoms with van der Waals surface area (Å²) in [6.07, 6.45) is 0.757. The van der Waals surface area contributed by atoms with Crippen LogP contribution in [0.1, 0.15) is 31.9 Å². The first-order chi connectivity index (χ1) is 5.66. The highest BCUT2D eigenvalue weighted by Crippen LogP contribution is 2.21. The molecule has 0 aromatic heterocycles. The standard InChI is InChI=1S/C11H14F/c1-4-9-10(8(2)3)6-5-7-11(9)12/h5-7H,4H2,1-3H3. The Kier molecular flexibility index (Phi) is 2.85. The third kappa shape index (κ3) is 1.66. The highest BCUT2D eigenvalue weighted by molar-refractivity contribution is 5.37. The normalized spacial score (nSPS) is 10.8. The molecule has 1 rings (SSSR count). The number of benzene rings is 1. The average Bonchev–Trinajstić information content (AvgIpc) is 2.03. The lowest BCUT2D eigenvalue weighted by Gasteiger charge is -2.10. The monoisotopic (exact) mass is 165 g/mol. The fourth-order valence-corrected chi connectivity index (χ4v) is 1.39. The zero-order chi connectivity index (χ0) is 9.14. The van der Waals surface area contributed by atoms with Gasteiger partial charge in [-0.15, -0.1) is 0 Å². The first-order valence-electron chi connectivity index (χ1n) is 4.24. The van der Waals surface area contributed by atoms with Gasteiger partial charge in [0.2, 0.25) is 0 Å². The van der Waals surface area contributed by atoms with Crippen LogP contribution in [-0.4, -0.2) is 0 Å². The molecule has 0 spiro atoms. The van der Waals surface area contributed by atoms with Gasteiger partial charge in [-0.25, -0.2) is 4.39 Å². The van der Waals surface area contributed by atoms with Gasteiger partial charge in [-0.2, -0.15) is 0 Å². The van der Waals surface area contributed by atoms with Crippen LogP contribution in [0.25, 0.3) is 0 Å². The molecule has 0 unspecified atom stereocenters. The Hall–Kier alpha value is -0.850. The molecule has 0 saturated heterocycles. The van der Waals surface area contributed by atoms with Crippen LogP contribution in [-0.2, 0) is 6.42 Å². The Morgan fingerprint density at radius 2 is 2.00 bits per heavy atom. The summed E-state index contributed by atoms with van der Waals surface area (Å²) in [6.45, 7) is 5.99. The fourth-order valence-electron chi connectivity index (χ4n) is 1.39. The van der Waals surface area contributed by atoms with E-state index in [1.54, 1.807) is 6.07 Å². The van der Waals surface area contributed by atoms with Gasteiger partial charge in [0, 0.05) is 0 Å². The van der Waals surface area contributed by atoms with Gasteiger partial charge in [-0.05, 0) is 29.5 Å². The molecule has 12 heavy (non-hydrogen) atoms. The van der Waals surface area contributed by atoms with E-state index >= 15 is 0 Å². The zero-order valence-corrected chi connectivity index (χ0v) is 7.82. The van der Waals surface area contributed by atoms with Crippen molar-refractivity contribution in [1.82, 2.24) is 0 Å². The minimum Gasteiger partial charge on any atom is -0.207 e. The van der Waals surface area contributed by atoms with Crippen molar-refractivity contribution in [3.8, 4) is 0 Å². The van der Waals surface area contributed by atoms with Gasteiger partial charge in [0.05, 0.1) is 0 Å². The fraction of sp³-hybridized carbons (Fsp3) is 0.364. The molecule has 1 aromatic rings. The topological polar surface area (TPSA) is 0 Å². The Morgan fingerprint density at radius 1 is 1.33 bits per heavy atom. The van der Waals surface area contributed by atoms with Gasteiger partial charge in [-0.3, -0.25) is 0 Å². The van der Waals surface area contributed by atoms with Crippen LogP contribution in [0.5, 0.6) is 0 Å². The van der Waals surface area contributed by atoms with E-state index in [0.717, 1.165) is 17.5 Å². The molecule has 0 bridgehead atoms. The van der Waals surface area contributed by atoms with Crippen molar-refractivity contribution >= 4 is 0 Å². The van der Waals surface area contributed by atoms with Crippen LogP contribution in [0.3, 0.4) is 0 Å². The molecule has 0 aliphatic carbocycles. The van der Waals surface area contributed by atoms with Crippen LogP contribution in [0.15, 0.2) is 18.2 Å². The van der Waals surface area contributed by atoms with Gasteiger partial charge in [-0.1, -0.05) is 32.9 Å². The van der Waals surface area contributed by atoms with Gasteiger partial charge in [0.1, 0.15) is 5.82 Å². The summed E-state index contributed by atoms with van der Waals surface area (Å²) in [6, 6.07) is 5.25. The Labute approximate surface area is 73.4 Å². The van der Waals surface area contributed by atoms with Crippen LogP contribution in [0, 0.1) is 11.7 Å². The first-order valence-corrected chi connectivity index (χ1v) is 4.24. The van der Waals surface area contributed by atoms with Crippen LogP contribution >= 0.6 is 0 Å². The molecule has 1 aromatic carbocycles. The Morgan fingerprint density at radius 3 is 2.42 bits per heavy atom. The van der Waals surface area contributed by atoms with Crippen molar-refractivity contribution < 1.29 is 4.39 Å². The van der Waals surface area contributed by atoms with E-state index in [4.69, 9.17) is 0 Å². The van der Waals surface area contributed by atoms with Gasteiger partial charge in [0.15, 0.2) is 0 Å². The van der Waals surface area contributed by atoms with Gasteiger partial charge >= 0.3 is 0 Å². The van der Waals surface area contributed by atoms with E-state index < -0.39 is 0 Å². The number of hydrogen-bond acceptors (Lipinski definition) is 0. The smallest absolute Gasteiger partial charge is 0.126 e. The molecule has 0 saturated carbocycles. The maximum atomic E-state index is 13.2. The minimum atomic E-state index is -0.0869. The second-order valence-electron chi connectivity index (χ2n) is 3.12. The summed E-state index contributed by atoms with van der Waals surface area (Å²) in [5.41, 5.74) is 1.88. The quantitative estimate of drug-likeness (QED) is 0.630. The molecule has 0 amide bonds. The lowest BCUT2D eigenvalue weighted by atomic mass is 9.95. The third-order valence-electron chi connectivity index (χ3n) is 2.01. The summed E-state index contributed by atoms with van der Waals surface area (Å²) in [4.78, 5) is 0. The van der Waals surface area contributed by atoms with Crippen molar-refractivity contribution in [3.63, 3.8) is 0 Å². The molecular weight excluding hydrogens is 151 g/mol. The summed E-state index contributed by atoms with van der Waals surface area (Å²) in [5.74, 6) is 1.09. The largest absolute Gasteiger partial charge is 0.207 e. The molecule has 0 nitrogen and oxygen atoms in total. The summed E-state index contributed by atoms with van der Waals surface area (Å²) < 4.78 is 13.2. The molecule has 0 aliphatic rings. The zero-order valence-electron chi connectivity index (χ0n) is 7.82. The number of hydrogen-bond donors (Lipinski definition) is 0. The summed E-state index contributed by atoms with van der Waals surface area (Å²) in [5, 5.41) is 0. The SMILES string of the molecule is CCc1c(F)cccc1[C](C)C. The Balaban J connectivity index is 3.18. The maximum absolute atomic E-state index is 13.2. The number of halogens is 1. The molecule has 1 heteroatoms. The minimum absolute atomic E-state index is 0.0869. The highest BCUT2D eigenvalue weighted by atomic mass is 19.1. The molecule has 0 N–H and O–H groups in total. The van der Waals surface area contributed by atoms with E-state index in [9.17, 15) is 4.39 Å².